The third-order valence-corrected chi connectivity index (χ3v) is 2.16. The van der Waals surface area contributed by atoms with Gasteiger partial charge in [-0.15, -0.1) is 0 Å². The van der Waals surface area contributed by atoms with Crippen LogP contribution in [0.4, 0.5) is 0 Å². The summed E-state index contributed by atoms with van der Waals surface area (Å²) >= 11 is 0. The smallest absolute Gasteiger partial charge is 0.171 e. The number of hydrogen-bond acceptors (Lipinski definition) is 4. The fraction of sp³-hybridized carbons (Fsp3) is 0.556. The van der Waals surface area contributed by atoms with Crippen molar-refractivity contribution in [1.29, 1.82) is 0 Å². The number of aldehydes is 1. The fourth-order valence-corrected chi connectivity index (χ4v) is 1.48. The van der Waals surface area contributed by atoms with Crippen molar-refractivity contribution in [3.8, 4) is 0 Å². The van der Waals surface area contributed by atoms with Crippen LogP contribution in [0.1, 0.15) is 41.6 Å². The van der Waals surface area contributed by atoms with Crippen molar-refractivity contribution in [1.82, 2.24) is 5.16 Å². The van der Waals surface area contributed by atoms with Gasteiger partial charge >= 0.3 is 0 Å². The van der Waals surface area contributed by atoms with Crippen LogP contribution in [-0.4, -0.2) is 18.0 Å². The van der Waals surface area contributed by atoms with Crippen molar-refractivity contribution in [3.05, 3.63) is 17.5 Å². The van der Waals surface area contributed by atoms with Crippen molar-refractivity contribution in [2.24, 2.45) is 0 Å². The van der Waals surface area contributed by atoms with Gasteiger partial charge in [0, 0.05) is 12.7 Å². The van der Waals surface area contributed by atoms with Crippen LogP contribution in [0.25, 0.3) is 0 Å². The van der Waals surface area contributed by atoms with Crippen LogP contribution >= 0.6 is 0 Å². The van der Waals surface area contributed by atoms with Gasteiger partial charge in [-0.1, -0.05) is 5.16 Å². The molecule has 0 radical (unpaired) electrons. The van der Waals surface area contributed by atoms with Crippen LogP contribution in [-0.2, 0) is 4.74 Å². The van der Waals surface area contributed by atoms with Crippen LogP contribution in [0.5, 0.6) is 0 Å². The first kappa shape index (κ1) is 8.44. The highest BCUT2D eigenvalue weighted by molar-refractivity contribution is 5.71. The van der Waals surface area contributed by atoms with Gasteiger partial charge in [-0.2, -0.15) is 0 Å². The molecule has 1 saturated heterocycles. The lowest BCUT2D eigenvalue weighted by molar-refractivity contribution is -0.00137. The maximum atomic E-state index is 10.3. The van der Waals surface area contributed by atoms with Crippen molar-refractivity contribution in [3.63, 3.8) is 0 Å². The Labute approximate surface area is 75.9 Å². The van der Waals surface area contributed by atoms with E-state index in [2.05, 4.69) is 5.16 Å². The van der Waals surface area contributed by atoms with Gasteiger partial charge in [-0.05, 0) is 19.3 Å². The summed E-state index contributed by atoms with van der Waals surface area (Å²) in [7, 11) is 0. The van der Waals surface area contributed by atoms with Crippen LogP contribution in [0, 0.1) is 0 Å². The van der Waals surface area contributed by atoms with Crippen molar-refractivity contribution in [2.45, 2.75) is 25.4 Å². The van der Waals surface area contributed by atoms with E-state index in [9.17, 15) is 4.79 Å². The van der Waals surface area contributed by atoms with E-state index in [1.807, 2.05) is 0 Å². The molecule has 0 bridgehead atoms. The number of carbonyl (C=O) groups is 1. The molecule has 1 aromatic rings. The summed E-state index contributed by atoms with van der Waals surface area (Å²) in [4.78, 5) is 10.3. The Kier molecular flexibility index (Phi) is 2.40. The lowest BCUT2D eigenvalue weighted by Crippen LogP contribution is -2.10. The molecular weight excluding hydrogens is 170 g/mol. The molecular formula is C9H11NO3. The highest BCUT2D eigenvalue weighted by Crippen LogP contribution is 2.27. The molecule has 0 spiro atoms. The SMILES string of the molecule is O=Cc1cc(C2CCCCO2)on1. The average molecular weight is 181 g/mol. The van der Waals surface area contributed by atoms with E-state index >= 15 is 0 Å². The summed E-state index contributed by atoms with van der Waals surface area (Å²) in [5.74, 6) is 0.668. The Morgan fingerprint density at radius 3 is 3.08 bits per heavy atom. The second-order valence-electron chi connectivity index (χ2n) is 3.13. The third-order valence-electron chi connectivity index (χ3n) is 2.16. The van der Waals surface area contributed by atoms with Crippen molar-refractivity contribution < 1.29 is 14.1 Å². The predicted molar refractivity (Wildman–Crippen MR) is 44.4 cm³/mol. The normalized spacial score (nSPS) is 22.9. The lowest BCUT2D eigenvalue weighted by Gasteiger charge is -2.19. The summed E-state index contributed by atoms with van der Waals surface area (Å²) in [6.07, 6.45) is 3.87. The molecule has 1 unspecified atom stereocenters. The maximum Gasteiger partial charge on any atom is 0.171 e. The van der Waals surface area contributed by atoms with Crippen LogP contribution < -0.4 is 0 Å². The second kappa shape index (κ2) is 3.70. The van der Waals surface area contributed by atoms with E-state index < -0.39 is 0 Å². The fourth-order valence-electron chi connectivity index (χ4n) is 1.48. The minimum Gasteiger partial charge on any atom is -0.370 e. The van der Waals surface area contributed by atoms with Crippen LogP contribution in [0.3, 0.4) is 0 Å². The Bertz CT molecular complexity index is 289. The zero-order valence-corrected chi connectivity index (χ0v) is 7.23. The first-order valence-electron chi connectivity index (χ1n) is 4.43. The molecule has 4 heteroatoms. The molecule has 0 aromatic carbocycles. The molecule has 1 aromatic heterocycles. The minimum absolute atomic E-state index is 0.00468. The van der Waals surface area contributed by atoms with Crippen molar-refractivity contribution >= 4 is 6.29 Å². The Hall–Kier alpha value is -1.16. The zero-order chi connectivity index (χ0) is 9.10. The van der Waals surface area contributed by atoms with Gasteiger partial charge in [-0.3, -0.25) is 4.79 Å². The monoisotopic (exact) mass is 181 g/mol. The number of nitrogens with zero attached hydrogens (tertiary/aromatic N) is 1. The van der Waals surface area contributed by atoms with Gasteiger partial charge in [-0.25, -0.2) is 0 Å². The number of aromatic nitrogens is 1. The molecule has 0 amide bonds. The summed E-state index contributed by atoms with van der Waals surface area (Å²) < 4.78 is 10.5. The van der Waals surface area contributed by atoms with Crippen molar-refractivity contribution in [2.75, 3.05) is 6.61 Å². The summed E-state index contributed by atoms with van der Waals surface area (Å²) in [5.41, 5.74) is 0.337. The van der Waals surface area contributed by atoms with E-state index in [1.165, 1.54) is 0 Å². The topological polar surface area (TPSA) is 52.3 Å². The molecule has 0 N–H and O–H groups in total. The van der Waals surface area contributed by atoms with Crippen LogP contribution in [0.2, 0.25) is 0 Å². The molecule has 2 heterocycles. The van der Waals surface area contributed by atoms with E-state index in [0.717, 1.165) is 25.9 Å². The maximum absolute atomic E-state index is 10.3. The second-order valence-corrected chi connectivity index (χ2v) is 3.13. The molecule has 13 heavy (non-hydrogen) atoms. The summed E-state index contributed by atoms with van der Waals surface area (Å²) in [6, 6.07) is 1.64. The third kappa shape index (κ3) is 1.78. The van der Waals surface area contributed by atoms with Gasteiger partial charge in [0.1, 0.15) is 11.8 Å². The van der Waals surface area contributed by atoms with Crippen LogP contribution in [0.15, 0.2) is 10.6 Å². The zero-order valence-electron chi connectivity index (χ0n) is 7.23. The average Bonchev–Trinajstić information content (AvgIpc) is 2.67. The number of carbonyl (C=O) groups excluding carboxylic acids is 1. The first-order chi connectivity index (χ1) is 6.40. The van der Waals surface area contributed by atoms with Gasteiger partial charge in [0.2, 0.25) is 0 Å². The molecule has 1 aliphatic heterocycles. The van der Waals surface area contributed by atoms with E-state index in [4.69, 9.17) is 9.26 Å². The van der Waals surface area contributed by atoms with Gasteiger partial charge in [0.25, 0.3) is 0 Å². The molecule has 70 valence electrons. The molecule has 4 nitrogen and oxygen atoms in total. The van der Waals surface area contributed by atoms with Gasteiger partial charge in [0.05, 0.1) is 0 Å². The molecule has 2 rings (SSSR count). The highest BCUT2D eigenvalue weighted by atomic mass is 16.5. The largest absolute Gasteiger partial charge is 0.370 e. The lowest BCUT2D eigenvalue weighted by atomic mass is 10.1. The Morgan fingerprint density at radius 2 is 2.46 bits per heavy atom. The number of rotatable bonds is 2. The minimum atomic E-state index is -0.00468. The summed E-state index contributed by atoms with van der Waals surface area (Å²) in [6.45, 7) is 0.766. The van der Waals surface area contributed by atoms with Gasteiger partial charge < -0.3 is 9.26 Å². The standard InChI is InChI=1S/C9H11NO3/c11-6-7-5-9(13-10-7)8-3-1-2-4-12-8/h5-6,8H,1-4H2. The quantitative estimate of drug-likeness (QED) is 0.652. The van der Waals surface area contributed by atoms with E-state index in [-0.39, 0.29) is 6.10 Å². The summed E-state index contributed by atoms with van der Waals surface area (Å²) in [5, 5.41) is 3.59. The molecule has 0 aliphatic carbocycles. The number of hydrogen-bond donors (Lipinski definition) is 0. The molecule has 1 fully saturated rings. The molecule has 1 atom stereocenters. The van der Waals surface area contributed by atoms with E-state index in [1.54, 1.807) is 6.07 Å². The molecule has 0 saturated carbocycles. The first-order valence-corrected chi connectivity index (χ1v) is 4.43. The van der Waals surface area contributed by atoms with E-state index in [0.29, 0.717) is 17.7 Å². The highest BCUT2D eigenvalue weighted by Gasteiger charge is 2.20. The predicted octanol–water partition coefficient (Wildman–Crippen LogP) is 1.73. The molecule has 1 aliphatic rings. The Balaban J connectivity index is 2.09. The van der Waals surface area contributed by atoms with Gasteiger partial charge in [0.15, 0.2) is 12.0 Å². The Morgan fingerprint density at radius 1 is 1.54 bits per heavy atom. The number of ether oxygens (including phenoxy) is 1.